The monoisotopic (exact) mass is 394 g/mol. The van der Waals surface area contributed by atoms with Crippen LogP contribution in [-0.4, -0.2) is 26.4 Å². The molecule has 28 heavy (non-hydrogen) atoms. The Hall–Kier alpha value is -2.60. The molecule has 0 saturated carbocycles. The second kappa shape index (κ2) is 9.06. The first-order chi connectivity index (χ1) is 13.5. The summed E-state index contributed by atoms with van der Waals surface area (Å²) in [5, 5.41) is 12.2. The molecule has 0 aliphatic carbocycles. The van der Waals surface area contributed by atoms with E-state index >= 15 is 0 Å². The number of nitrogens with zero attached hydrogens (tertiary/aromatic N) is 3. The fourth-order valence-electron chi connectivity index (χ4n) is 3.04. The van der Waals surface area contributed by atoms with Crippen molar-refractivity contribution in [3.8, 4) is 5.69 Å². The summed E-state index contributed by atoms with van der Waals surface area (Å²) >= 11 is 1.39. The van der Waals surface area contributed by atoms with Crippen LogP contribution in [0.2, 0.25) is 0 Å². The number of amides is 1. The van der Waals surface area contributed by atoms with Gasteiger partial charge in [-0.2, -0.15) is 0 Å². The molecule has 2 aromatic carbocycles. The molecule has 1 heterocycles. The Kier molecular flexibility index (Phi) is 6.52. The van der Waals surface area contributed by atoms with Gasteiger partial charge in [0.05, 0.1) is 11.4 Å². The molecule has 1 N–H and O–H groups in total. The van der Waals surface area contributed by atoms with Crippen molar-refractivity contribution in [1.29, 1.82) is 0 Å². The van der Waals surface area contributed by atoms with Gasteiger partial charge in [-0.15, -0.1) is 10.2 Å². The number of aryl methyl sites for hydroxylation is 4. The predicted octanol–water partition coefficient (Wildman–Crippen LogP) is 4.88. The summed E-state index contributed by atoms with van der Waals surface area (Å²) in [4.78, 5) is 12.4. The first kappa shape index (κ1) is 20.1. The Bertz CT molecular complexity index is 963. The summed E-state index contributed by atoms with van der Waals surface area (Å²) < 4.78 is 2.01. The quantitative estimate of drug-likeness (QED) is 0.581. The standard InChI is InChI=1S/C22H26N4OS/c1-5-6-18-9-11-19(12-10-18)23-21(27)14-28-22-25-24-17(4)26(22)20-13-15(2)7-8-16(20)3/h7-13H,5-6,14H2,1-4H3,(H,23,27). The molecule has 0 bridgehead atoms. The Morgan fingerprint density at radius 1 is 1.07 bits per heavy atom. The second-order valence-corrected chi connectivity index (χ2v) is 7.88. The first-order valence-corrected chi connectivity index (χ1v) is 10.5. The summed E-state index contributed by atoms with van der Waals surface area (Å²) in [6.07, 6.45) is 2.17. The van der Waals surface area contributed by atoms with Crippen LogP contribution in [0.5, 0.6) is 0 Å². The van der Waals surface area contributed by atoms with E-state index in [1.165, 1.54) is 22.9 Å². The molecule has 3 rings (SSSR count). The zero-order chi connectivity index (χ0) is 20.1. The van der Waals surface area contributed by atoms with Gasteiger partial charge < -0.3 is 5.32 Å². The fourth-order valence-corrected chi connectivity index (χ4v) is 3.84. The highest BCUT2D eigenvalue weighted by atomic mass is 32.2. The summed E-state index contributed by atoms with van der Waals surface area (Å²) in [6, 6.07) is 14.3. The van der Waals surface area contributed by atoms with Crippen molar-refractivity contribution in [3.63, 3.8) is 0 Å². The highest BCUT2D eigenvalue weighted by Crippen LogP contribution is 2.25. The topological polar surface area (TPSA) is 59.8 Å². The number of rotatable bonds is 7. The lowest BCUT2D eigenvalue weighted by Crippen LogP contribution is -2.14. The second-order valence-electron chi connectivity index (χ2n) is 6.94. The molecule has 6 heteroatoms. The third kappa shape index (κ3) is 4.81. The van der Waals surface area contributed by atoms with Crippen molar-refractivity contribution in [2.24, 2.45) is 0 Å². The van der Waals surface area contributed by atoms with E-state index in [9.17, 15) is 4.79 Å². The predicted molar refractivity (Wildman–Crippen MR) is 115 cm³/mol. The molecule has 0 spiro atoms. The van der Waals surface area contributed by atoms with Gasteiger partial charge in [-0.3, -0.25) is 9.36 Å². The third-order valence-electron chi connectivity index (χ3n) is 4.51. The number of hydrogen-bond donors (Lipinski definition) is 1. The van der Waals surface area contributed by atoms with Gasteiger partial charge in [0.25, 0.3) is 0 Å². The number of anilines is 1. The molecule has 0 aliphatic heterocycles. The number of nitrogens with one attached hydrogen (secondary N) is 1. The molecule has 146 valence electrons. The van der Waals surface area contributed by atoms with Gasteiger partial charge in [-0.05, 0) is 62.1 Å². The number of hydrogen-bond acceptors (Lipinski definition) is 4. The Balaban J connectivity index is 1.68. The molecule has 0 radical (unpaired) electrons. The van der Waals surface area contributed by atoms with Crippen LogP contribution in [0.1, 0.15) is 35.9 Å². The van der Waals surface area contributed by atoms with Gasteiger partial charge in [0.15, 0.2) is 5.16 Å². The van der Waals surface area contributed by atoms with Crippen LogP contribution >= 0.6 is 11.8 Å². The van der Waals surface area contributed by atoms with E-state index in [4.69, 9.17) is 0 Å². The Labute approximate surface area is 170 Å². The van der Waals surface area contributed by atoms with E-state index in [1.54, 1.807) is 0 Å². The van der Waals surface area contributed by atoms with E-state index in [2.05, 4.69) is 66.6 Å². The molecular weight excluding hydrogens is 368 g/mol. The summed E-state index contributed by atoms with van der Waals surface area (Å²) in [6.45, 7) is 8.22. The van der Waals surface area contributed by atoms with Crippen LogP contribution in [0.3, 0.4) is 0 Å². The van der Waals surface area contributed by atoms with Crippen molar-refractivity contribution >= 4 is 23.4 Å². The zero-order valence-electron chi connectivity index (χ0n) is 16.8. The maximum absolute atomic E-state index is 12.4. The van der Waals surface area contributed by atoms with Crippen molar-refractivity contribution in [1.82, 2.24) is 14.8 Å². The maximum atomic E-state index is 12.4. The largest absolute Gasteiger partial charge is 0.325 e. The van der Waals surface area contributed by atoms with Crippen molar-refractivity contribution in [2.75, 3.05) is 11.1 Å². The summed E-state index contributed by atoms with van der Waals surface area (Å²) in [5.41, 5.74) is 5.47. The van der Waals surface area contributed by atoms with Gasteiger partial charge in [-0.25, -0.2) is 0 Å². The zero-order valence-corrected chi connectivity index (χ0v) is 17.6. The van der Waals surface area contributed by atoms with Gasteiger partial charge in [0.2, 0.25) is 5.91 Å². The van der Waals surface area contributed by atoms with E-state index < -0.39 is 0 Å². The summed E-state index contributed by atoms with van der Waals surface area (Å²) in [7, 11) is 0. The minimum atomic E-state index is -0.0543. The maximum Gasteiger partial charge on any atom is 0.234 e. The lowest BCUT2D eigenvalue weighted by molar-refractivity contribution is -0.113. The highest BCUT2D eigenvalue weighted by Gasteiger charge is 2.15. The molecule has 0 fully saturated rings. The van der Waals surface area contributed by atoms with E-state index in [0.717, 1.165) is 40.8 Å². The molecule has 1 amide bonds. The first-order valence-electron chi connectivity index (χ1n) is 9.49. The number of carbonyl (C=O) groups excluding carboxylic acids is 1. The van der Waals surface area contributed by atoms with E-state index in [-0.39, 0.29) is 11.7 Å². The van der Waals surface area contributed by atoms with Gasteiger partial charge in [0.1, 0.15) is 5.82 Å². The smallest absolute Gasteiger partial charge is 0.234 e. The van der Waals surface area contributed by atoms with Crippen LogP contribution in [-0.2, 0) is 11.2 Å². The molecule has 0 aliphatic rings. The van der Waals surface area contributed by atoms with E-state index in [1.807, 2.05) is 23.6 Å². The van der Waals surface area contributed by atoms with E-state index in [0.29, 0.717) is 0 Å². The SMILES string of the molecule is CCCc1ccc(NC(=O)CSc2nnc(C)n2-c2cc(C)ccc2C)cc1. The number of carbonyl (C=O) groups is 1. The van der Waals surface area contributed by atoms with Gasteiger partial charge in [-0.1, -0.05) is 49.4 Å². The molecule has 5 nitrogen and oxygen atoms in total. The normalized spacial score (nSPS) is 10.9. The number of aromatic nitrogens is 3. The van der Waals surface area contributed by atoms with Crippen molar-refractivity contribution < 1.29 is 4.79 Å². The average molecular weight is 395 g/mol. The molecule has 0 saturated heterocycles. The minimum absolute atomic E-state index is 0.0543. The minimum Gasteiger partial charge on any atom is -0.325 e. The third-order valence-corrected chi connectivity index (χ3v) is 5.44. The van der Waals surface area contributed by atoms with Crippen molar-refractivity contribution in [3.05, 3.63) is 65.0 Å². The van der Waals surface area contributed by atoms with Crippen molar-refractivity contribution in [2.45, 2.75) is 45.7 Å². The van der Waals surface area contributed by atoms with Crippen LogP contribution < -0.4 is 5.32 Å². The summed E-state index contributed by atoms with van der Waals surface area (Å²) in [5.74, 6) is 1.03. The van der Waals surface area contributed by atoms with Crippen LogP contribution in [0.4, 0.5) is 5.69 Å². The highest BCUT2D eigenvalue weighted by molar-refractivity contribution is 7.99. The Morgan fingerprint density at radius 2 is 1.82 bits per heavy atom. The lowest BCUT2D eigenvalue weighted by Gasteiger charge is -2.12. The van der Waals surface area contributed by atoms with Gasteiger partial charge in [0, 0.05) is 5.69 Å². The van der Waals surface area contributed by atoms with Crippen LogP contribution in [0.25, 0.3) is 5.69 Å². The molecule has 3 aromatic rings. The molecule has 1 aromatic heterocycles. The molecular formula is C22H26N4OS. The van der Waals surface area contributed by atoms with Gasteiger partial charge >= 0.3 is 0 Å². The molecule has 0 unspecified atom stereocenters. The van der Waals surface area contributed by atoms with Crippen LogP contribution in [0.15, 0.2) is 47.6 Å². The fraction of sp³-hybridized carbons (Fsp3) is 0.318. The molecule has 0 atom stereocenters. The van der Waals surface area contributed by atoms with Crippen LogP contribution in [0, 0.1) is 20.8 Å². The average Bonchev–Trinajstić information content (AvgIpc) is 3.04. The lowest BCUT2D eigenvalue weighted by atomic mass is 10.1. The Morgan fingerprint density at radius 3 is 2.54 bits per heavy atom. The number of thioether (sulfide) groups is 1. The number of benzene rings is 2.